The Balaban J connectivity index is 0.000000336. The SMILES string of the molecule is CNC(=O)O.Cc1ccc(N=C=O)cc1. The van der Waals surface area contributed by atoms with E-state index in [1.54, 1.807) is 12.1 Å². The predicted molar refractivity (Wildman–Crippen MR) is 56.0 cm³/mol. The number of carbonyl (C=O) groups is 1. The van der Waals surface area contributed by atoms with E-state index in [1.165, 1.54) is 13.1 Å². The second-order valence-electron chi connectivity index (χ2n) is 2.59. The average molecular weight is 208 g/mol. The lowest BCUT2D eigenvalue weighted by Gasteiger charge is -1.89. The number of benzene rings is 1. The van der Waals surface area contributed by atoms with Crippen molar-refractivity contribution in [2.24, 2.45) is 4.99 Å². The third kappa shape index (κ3) is 6.98. The summed E-state index contributed by atoms with van der Waals surface area (Å²) in [7, 11) is 1.35. The van der Waals surface area contributed by atoms with Crippen LogP contribution in [0.5, 0.6) is 0 Å². The van der Waals surface area contributed by atoms with Gasteiger partial charge in [0.25, 0.3) is 0 Å². The van der Waals surface area contributed by atoms with E-state index in [4.69, 9.17) is 5.11 Å². The number of carbonyl (C=O) groups excluding carboxylic acids is 1. The minimum atomic E-state index is -0.995. The lowest BCUT2D eigenvalue weighted by molar-refractivity contribution is 0.197. The Labute approximate surface area is 87.5 Å². The van der Waals surface area contributed by atoms with Gasteiger partial charge in [0.15, 0.2) is 0 Å². The number of rotatable bonds is 1. The molecule has 15 heavy (non-hydrogen) atoms. The molecule has 0 aromatic heterocycles. The molecule has 0 aliphatic heterocycles. The van der Waals surface area contributed by atoms with Crippen molar-refractivity contribution in [3.8, 4) is 0 Å². The number of hydrogen-bond acceptors (Lipinski definition) is 3. The van der Waals surface area contributed by atoms with Crippen LogP contribution in [-0.2, 0) is 4.79 Å². The number of nitrogens with one attached hydrogen (secondary N) is 1. The molecule has 80 valence electrons. The second-order valence-corrected chi connectivity index (χ2v) is 2.59. The van der Waals surface area contributed by atoms with Crippen molar-refractivity contribution in [3.63, 3.8) is 0 Å². The molecule has 0 saturated carbocycles. The highest BCUT2D eigenvalue weighted by atomic mass is 16.4. The standard InChI is InChI=1S/C8H7NO.C2H5NO2/c1-7-2-4-8(5-3-7)9-6-10;1-3-2(4)5/h2-5H,1H3;3H,1H3,(H,4,5). The van der Waals surface area contributed by atoms with Crippen LogP contribution in [0.2, 0.25) is 0 Å². The predicted octanol–water partition coefficient (Wildman–Crippen LogP) is 1.85. The van der Waals surface area contributed by atoms with Gasteiger partial charge in [-0.15, -0.1) is 0 Å². The minimum absolute atomic E-state index is 0.653. The van der Waals surface area contributed by atoms with E-state index in [1.807, 2.05) is 24.4 Å². The summed E-state index contributed by atoms with van der Waals surface area (Å²) >= 11 is 0. The first kappa shape index (κ1) is 12.9. The highest BCUT2D eigenvalue weighted by Gasteiger charge is 1.85. The third-order valence-electron chi connectivity index (χ3n) is 1.42. The summed E-state index contributed by atoms with van der Waals surface area (Å²) in [5.41, 5.74) is 1.81. The van der Waals surface area contributed by atoms with Gasteiger partial charge >= 0.3 is 6.09 Å². The first-order valence-corrected chi connectivity index (χ1v) is 4.15. The lowest BCUT2D eigenvalue weighted by atomic mass is 10.2. The van der Waals surface area contributed by atoms with E-state index in [9.17, 15) is 9.59 Å². The molecule has 0 fully saturated rings. The summed E-state index contributed by atoms with van der Waals surface area (Å²) in [6.07, 6.45) is 0.483. The molecule has 0 aliphatic carbocycles. The van der Waals surface area contributed by atoms with E-state index in [-0.39, 0.29) is 0 Å². The molecular formula is C10H12N2O3. The summed E-state index contributed by atoms with van der Waals surface area (Å²) in [6, 6.07) is 7.35. The van der Waals surface area contributed by atoms with Crippen LogP contribution in [0.15, 0.2) is 29.3 Å². The highest BCUT2D eigenvalue weighted by Crippen LogP contribution is 2.10. The van der Waals surface area contributed by atoms with E-state index < -0.39 is 6.09 Å². The Morgan fingerprint density at radius 2 is 1.87 bits per heavy atom. The largest absolute Gasteiger partial charge is 0.465 e. The van der Waals surface area contributed by atoms with Crippen LogP contribution in [0, 0.1) is 6.92 Å². The summed E-state index contributed by atoms with van der Waals surface area (Å²) in [5, 5.41) is 9.56. The van der Waals surface area contributed by atoms with Crippen molar-refractivity contribution in [1.29, 1.82) is 0 Å². The van der Waals surface area contributed by atoms with Crippen LogP contribution in [0.25, 0.3) is 0 Å². The fourth-order valence-corrected chi connectivity index (χ4v) is 0.672. The van der Waals surface area contributed by atoms with Crippen molar-refractivity contribution in [2.45, 2.75) is 6.92 Å². The second kappa shape index (κ2) is 7.29. The van der Waals surface area contributed by atoms with Gasteiger partial charge in [-0.05, 0) is 19.1 Å². The number of hydrogen-bond donors (Lipinski definition) is 2. The van der Waals surface area contributed by atoms with Crippen molar-refractivity contribution in [3.05, 3.63) is 29.8 Å². The van der Waals surface area contributed by atoms with Crippen LogP contribution in [-0.4, -0.2) is 24.3 Å². The number of aliphatic imine (C=N–C) groups is 1. The zero-order chi connectivity index (χ0) is 11.7. The van der Waals surface area contributed by atoms with Gasteiger partial charge < -0.3 is 10.4 Å². The van der Waals surface area contributed by atoms with Gasteiger partial charge in [-0.3, -0.25) is 0 Å². The topological polar surface area (TPSA) is 78.8 Å². The van der Waals surface area contributed by atoms with Gasteiger partial charge in [0, 0.05) is 7.05 Å². The van der Waals surface area contributed by atoms with Crippen molar-refractivity contribution >= 4 is 17.9 Å². The maximum absolute atomic E-state index is 9.77. The lowest BCUT2D eigenvalue weighted by Crippen LogP contribution is -2.13. The molecule has 0 radical (unpaired) electrons. The average Bonchev–Trinajstić information content (AvgIpc) is 2.23. The van der Waals surface area contributed by atoms with E-state index in [0.717, 1.165) is 5.56 Å². The van der Waals surface area contributed by atoms with Crippen LogP contribution in [0.1, 0.15) is 5.56 Å². The van der Waals surface area contributed by atoms with E-state index >= 15 is 0 Å². The first-order chi connectivity index (χ1) is 7.10. The van der Waals surface area contributed by atoms with Gasteiger partial charge in [-0.1, -0.05) is 17.7 Å². The Hall–Kier alpha value is -2.13. The molecule has 0 saturated heterocycles. The molecule has 5 heteroatoms. The Kier molecular flexibility index (Phi) is 6.26. The summed E-state index contributed by atoms with van der Waals surface area (Å²) in [6.45, 7) is 1.98. The molecule has 1 aromatic carbocycles. The summed E-state index contributed by atoms with van der Waals surface area (Å²) < 4.78 is 0. The molecule has 0 bridgehead atoms. The molecule has 0 atom stereocenters. The molecule has 5 nitrogen and oxygen atoms in total. The van der Waals surface area contributed by atoms with Gasteiger partial charge in [0.1, 0.15) is 0 Å². The monoisotopic (exact) mass is 208 g/mol. The number of nitrogens with zero attached hydrogens (tertiary/aromatic N) is 1. The van der Waals surface area contributed by atoms with Crippen molar-refractivity contribution in [2.75, 3.05) is 7.05 Å². The maximum Gasteiger partial charge on any atom is 0.404 e. The fourth-order valence-electron chi connectivity index (χ4n) is 0.672. The van der Waals surface area contributed by atoms with Gasteiger partial charge in [0.2, 0.25) is 6.08 Å². The van der Waals surface area contributed by atoms with Crippen LogP contribution in [0.4, 0.5) is 10.5 Å². The van der Waals surface area contributed by atoms with E-state index in [0.29, 0.717) is 5.69 Å². The number of aryl methyl sites for hydroxylation is 1. The van der Waals surface area contributed by atoms with Gasteiger partial charge in [-0.2, -0.15) is 4.99 Å². The molecule has 0 heterocycles. The van der Waals surface area contributed by atoms with Gasteiger partial charge in [0.05, 0.1) is 5.69 Å². The molecular weight excluding hydrogens is 196 g/mol. The molecule has 2 N–H and O–H groups in total. The smallest absolute Gasteiger partial charge is 0.404 e. The minimum Gasteiger partial charge on any atom is -0.465 e. The van der Waals surface area contributed by atoms with E-state index in [2.05, 4.69) is 4.99 Å². The Morgan fingerprint density at radius 3 is 2.20 bits per heavy atom. The molecule has 1 aromatic rings. The fraction of sp³-hybridized carbons (Fsp3) is 0.200. The van der Waals surface area contributed by atoms with Crippen LogP contribution >= 0.6 is 0 Å². The molecule has 0 aliphatic rings. The highest BCUT2D eigenvalue weighted by molar-refractivity contribution is 5.63. The van der Waals surface area contributed by atoms with Gasteiger partial charge in [-0.25, -0.2) is 9.59 Å². The number of amides is 1. The third-order valence-corrected chi connectivity index (χ3v) is 1.42. The number of carboxylic acid groups (broad SMARTS) is 1. The molecule has 0 unspecified atom stereocenters. The summed E-state index contributed by atoms with van der Waals surface area (Å²) in [4.78, 5) is 22.5. The first-order valence-electron chi connectivity index (χ1n) is 4.15. The molecule has 1 rings (SSSR count). The molecule has 1 amide bonds. The quantitative estimate of drug-likeness (QED) is 0.546. The van der Waals surface area contributed by atoms with Crippen LogP contribution < -0.4 is 5.32 Å². The summed E-state index contributed by atoms with van der Waals surface area (Å²) in [5.74, 6) is 0. The molecule has 0 spiro atoms. The van der Waals surface area contributed by atoms with Crippen molar-refractivity contribution in [1.82, 2.24) is 5.32 Å². The normalized spacial score (nSPS) is 7.87. The maximum atomic E-state index is 9.77. The van der Waals surface area contributed by atoms with Crippen LogP contribution in [0.3, 0.4) is 0 Å². The zero-order valence-corrected chi connectivity index (χ0v) is 8.52. The van der Waals surface area contributed by atoms with Crippen molar-refractivity contribution < 1.29 is 14.7 Å². The zero-order valence-electron chi connectivity index (χ0n) is 8.52. The number of isocyanates is 1. The Bertz CT molecular complexity index is 353. The Morgan fingerprint density at radius 1 is 1.40 bits per heavy atom.